The molecule has 0 fully saturated rings. The van der Waals surface area contributed by atoms with E-state index in [1.165, 1.54) is 186 Å². The molecule has 0 aliphatic rings. The van der Waals surface area contributed by atoms with E-state index in [-0.39, 0.29) is 31.1 Å². The van der Waals surface area contributed by atoms with Crippen LogP contribution in [-0.2, 0) is 28.6 Å². The highest BCUT2D eigenvalue weighted by molar-refractivity contribution is 5.71. The third-order valence-electron chi connectivity index (χ3n) is 15.1. The molecule has 0 aromatic carbocycles. The molecule has 0 heterocycles. The topological polar surface area (TPSA) is 78.9 Å². The van der Waals surface area contributed by atoms with Crippen molar-refractivity contribution in [2.45, 2.75) is 348 Å². The number of hydrogen-bond acceptors (Lipinski definition) is 6. The van der Waals surface area contributed by atoms with Gasteiger partial charge in [0.15, 0.2) is 6.10 Å². The van der Waals surface area contributed by atoms with Crippen LogP contribution in [0, 0.1) is 0 Å². The van der Waals surface area contributed by atoms with Gasteiger partial charge in [-0.05, 0) is 103 Å². The number of carbonyl (C=O) groups excluding carboxylic acids is 3. The Kier molecular flexibility index (Phi) is 65.7. The number of esters is 3. The average Bonchev–Trinajstić information content (AvgIpc) is 3.47. The van der Waals surface area contributed by atoms with E-state index < -0.39 is 6.10 Å². The first-order chi connectivity index (χ1) is 40.0. The highest BCUT2D eigenvalue weighted by Crippen LogP contribution is 2.17. The quantitative estimate of drug-likeness (QED) is 0.0261. The first-order valence-corrected chi connectivity index (χ1v) is 34.7. The first kappa shape index (κ1) is 77.3. The van der Waals surface area contributed by atoms with Crippen LogP contribution in [0.15, 0.2) is 97.2 Å². The zero-order valence-electron chi connectivity index (χ0n) is 53.5. The average molecular weight is 1130 g/mol. The monoisotopic (exact) mass is 1130 g/mol. The highest BCUT2D eigenvalue weighted by Gasteiger charge is 2.19. The van der Waals surface area contributed by atoms with Gasteiger partial charge in [0.1, 0.15) is 13.2 Å². The fourth-order valence-electron chi connectivity index (χ4n) is 9.89. The summed E-state index contributed by atoms with van der Waals surface area (Å²) in [5.41, 5.74) is 0. The predicted octanol–water partition coefficient (Wildman–Crippen LogP) is 24.0. The molecule has 81 heavy (non-hydrogen) atoms. The standard InChI is InChI=1S/C75H130O6/c1-4-7-10-13-16-19-22-25-28-30-32-34-36-38-40-41-43-45-47-50-53-56-59-62-65-68-74(77)80-71-72(70-79-73(76)67-64-61-58-55-52-49-27-24-21-18-15-12-9-6-3)81-75(78)69-66-63-60-57-54-51-48-46-44-42-39-37-35-33-31-29-26-23-20-17-14-11-8-5-2/h7,10,16,19,24-25,27-28,32,34,38,40,43,45,50,53,72H,4-6,8-9,11-15,17-18,20-23,26,29-31,33,35-37,39,41-42,44,46-49,51-52,54-71H2,1-3H3/b10-7-,19-16-,27-24-,28-25-,34-32-,40-38-,45-43-,53-50-. The second-order valence-electron chi connectivity index (χ2n) is 23.1. The lowest BCUT2D eigenvalue weighted by atomic mass is 10.0. The summed E-state index contributed by atoms with van der Waals surface area (Å²) in [6.07, 6.45) is 92.9. The van der Waals surface area contributed by atoms with Crippen molar-refractivity contribution in [2.75, 3.05) is 13.2 Å². The summed E-state index contributed by atoms with van der Waals surface area (Å²) in [5, 5.41) is 0. The maximum absolute atomic E-state index is 13.0. The maximum Gasteiger partial charge on any atom is 0.306 e. The number of hydrogen-bond donors (Lipinski definition) is 0. The zero-order valence-corrected chi connectivity index (χ0v) is 53.5. The Morgan fingerprint density at radius 2 is 0.481 bits per heavy atom. The van der Waals surface area contributed by atoms with Crippen molar-refractivity contribution in [1.82, 2.24) is 0 Å². The molecule has 6 heteroatoms. The van der Waals surface area contributed by atoms with Crippen LogP contribution in [0.5, 0.6) is 0 Å². The lowest BCUT2D eigenvalue weighted by Gasteiger charge is -2.18. The largest absolute Gasteiger partial charge is 0.462 e. The van der Waals surface area contributed by atoms with Crippen LogP contribution < -0.4 is 0 Å². The van der Waals surface area contributed by atoms with Gasteiger partial charge >= 0.3 is 17.9 Å². The van der Waals surface area contributed by atoms with E-state index in [2.05, 4.69) is 118 Å². The Morgan fingerprint density at radius 1 is 0.259 bits per heavy atom. The minimum absolute atomic E-state index is 0.0901. The van der Waals surface area contributed by atoms with Crippen LogP contribution >= 0.6 is 0 Å². The van der Waals surface area contributed by atoms with Gasteiger partial charge in [0.2, 0.25) is 0 Å². The minimum Gasteiger partial charge on any atom is -0.462 e. The van der Waals surface area contributed by atoms with Crippen molar-refractivity contribution in [3.63, 3.8) is 0 Å². The molecule has 0 spiro atoms. The summed E-state index contributed by atoms with van der Waals surface area (Å²) < 4.78 is 16.9. The van der Waals surface area contributed by atoms with Gasteiger partial charge in [0.05, 0.1) is 0 Å². The maximum atomic E-state index is 13.0. The van der Waals surface area contributed by atoms with Gasteiger partial charge in [0.25, 0.3) is 0 Å². The third kappa shape index (κ3) is 67.0. The van der Waals surface area contributed by atoms with Gasteiger partial charge in [-0.3, -0.25) is 14.4 Å². The first-order valence-electron chi connectivity index (χ1n) is 34.7. The molecular weight excluding hydrogens is 997 g/mol. The van der Waals surface area contributed by atoms with E-state index in [1.54, 1.807) is 0 Å². The SMILES string of the molecule is CC/C=C\C/C=C\C/C=C\C/C=C\C/C=C\C/C=C\C/C=C\CCCCCC(=O)OCC(COC(=O)CCCCCCC/C=C\CCCCCCC)OC(=O)CCCCCCCCCCCCCCCCCCCCCCCCCC. The Morgan fingerprint density at radius 3 is 0.778 bits per heavy atom. The van der Waals surface area contributed by atoms with Crippen LogP contribution in [0.3, 0.4) is 0 Å². The Bertz CT molecular complexity index is 1580. The van der Waals surface area contributed by atoms with E-state index in [4.69, 9.17) is 14.2 Å². The Balaban J connectivity index is 4.38. The molecule has 6 nitrogen and oxygen atoms in total. The molecule has 1 atom stereocenters. The Hall–Kier alpha value is -3.67. The molecule has 0 amide bonds. The summed E-state index contributed by atoms with van der Waals surface area (Å²) >= 11 is 0. The second-order valence-corrected chi connectivity index (χ2v) is 23.1. The van der Waals surface area contributed by atoms with Gasteiger partial charge in [-0.1, -0.05) is 317 Å². The molecule has 0 aliphatic carbocycles. The van der Waals surface area contributed by atoms with E-state index in [0.29, 0.717) is 19.3 Å². The minimum atomic E-state index is -0.796. The molecule has 1 unspecified atom stereocenters. The molecule has 0 saturated heterocycles. The second kappa shape index (κ2) is 68.8. The fraction of sp³-hybridized carbons (Fsp3) is 0.747. The summed E-state index contributed by atoms with van der Waals surface area (Å²) in [5.74, 6) is -0.916. The molecule has 0 N–H and O–H groups in total. The van der Waals surface area contributed by atoms with E-state index in [0.717, 1.165) is 116 Å². The molecule has 0 saturated carbocycles. The van der Waals surface area contributed by atoms with Crippen molar-refractivity contribution in [3.05, 3.63) is 97.2 Å². The molecule has 0 bridgehead atoms. The predicted molar refractivity (Wildman–Crippen MR) is 353 cm³/mol. The van der Waals surface area contributed by atoms with Crippen LogP contribution in [0.2, 0.25) is 0 Å². The van der Waals surface area contributed by atoms with Gasteiger partial charge in [-0.25, -0.2) is 0 Å². The Labute approximate surface area is 502 Å². The summed E-state index contributed by atoms with van der Waals surface area (Å²) in [6, 6.07) is 0. The molecule has 0 rings (SSSR count). The molecule has 0 aliphatic heterocycles. The lowest BCUT2D eigenvalue weighted by Crippen LogP contribution is -2.30. The third-order valence-corrected chi connectivity index (χ3v) is 15.1. The molecule has 0 aromatic heterocycles. The number of allylic oxidation sites excluding steroid dienone is 16. The molecule has 0 radical (unpaired) electrons. The summed E-state index contributed by atoms with van der Waals surface area (Å²) in [6.45, 7) is 6.53. The normalized spacial score (nSPS) is 12.7. The van der Waals surface area contributed by atoms with Gasteiger partial charge in [-0.15, -0.1) is 0 Å². The van der Waals surface area contributed by atoms with Crippen molar-refractivity contribution < 1.29 is 28.6 Å². The van der Waals surface area contributed by atoms with Gasteiger partial charge < -0.3 is 14.2 Å². The van der Waals surface area contributed by atoms with Crippen LogP contribution in [0.1, 0.15) is 342 Å². The fourth-order valence-corrected chi connectivity index (χ4v) is 9.89. The van der Waals surface area contributed by atoms with Crippen LogP contribution in [0.25, 0.3) is 0 Å². The van der Waals surface area contributed by atoms with Gasteiger partial charge in [-0.2, -0.15) is 0 Å². The smallest absolute Gasteiger partial charge is 0.306 e. The lowest BCUT2D eigenvalue weighted by molar-refractivity contribution is -0.167. The van der Waals surface area contributed by atoms with Crippen molar-refractivity contribution in [3.8, 4) is 0 Å². The number of ether oxygens (including phenoxy) is 3. The van der Waals surface area contributed by atoms with E-state index in [1.807, 2.05) is 0 Å². The van der Waals surface area contributed by atoms with Crippen molar-refractivity contribution in [2.24, 2.45) is 0 Å². The zero-order chi connectivity index (χ0) is 58.5. The number of rotatable bonds is 63. The van der Waals surface area contributed by atoms with E-state index >= 15 is 0 Å². The summed E-state index contributed by atoms with van der Waals surface area (Å²) in [7, 11) is 0. The number of unbranched alkanes of at least 4 members (excludes halogenated alkanes) is 36. The van der Waals surface area contributed by atoms with Crippen molar-refractivity contribution in [1.29, 1.82) is 0 Å². The van der Waals surface area contributed by atoms with Crippen LogP contribution in [0.4, 0.5) is 0 Å². The number of carbonyl (C=O) groups is 3. The molecule has 466 valence electrons. The molecule has 0 aromatic rings. The summed E-state index contributed by atoms with van der Waals surface area (Å²) in [4.78, 5) is 38.4. The van der Waals surface area contributed by atoms with Crippen molar-refractivity contribution >= 4 is 17.9 Å². The highest BCUT2D eigenvalue weighted by atomic mass is 16.6. The van der Waals surface area contributed by atoms with Gasteiger partial charge in [0, 0.05) is 19.3 Å². The van der Waals surface area contributed by atoms with Crippen LogP contribution in [-0.4, -0.2) is 37.2 Å². The molecular formula is C75H130O6. The van der Waals surface area contributed by atoms with E-state index in [9.17, 15) is 14.4 Å².